The van der Waals surface area contributed by atoms with Gasteiger partial charge in [-0.15, -0.1) is 0 Å². The zero-order valence-corrected chi connectivity index (χ0v) is 13.0. The zero-order valence-electron chi connectivity index (χ0n) is 13.0. The molecule has 0 bridgehead atoms. The maximum atomic E-state index is 13.7. The molecule has 1 saturated heterocycles. The average Bonchev–Trinajstić information content (AvgIpc) is 2.48. The van der Waals surface area contributed by atoms with Crippen LogP contribution in [-0.2, 0) is 11.2 Å². The van der Waals surface area contributed by atoms with E-state index in [2.05, 4.69) is 4.98 Å². The first-order valence-corrected chi connectivity index (χ1v) is 7.78. The van der Waals surface area contributed by atoms with Gasteiger partial charge in [-0.1, -0.05) is 24.3 Å². The van der Waals surface area contributed by atoms with E-state index in [1.165, 1.54) is 6.07 Å². The van der Waals surface area contributed by atoms with Crippen molar-refractivity contribution in [3.05, 3.63) is 59.5 Å². The Balaban J connectivity index is 1.57. The number of pyridine rings is 1. The van der Waals surface area contributed by atoms with Gasteiger partial charge in [0.15, 0.2) is 0 Å². The summed E-state index contributed by atoms with van der Waals surface area (Å²) in [7, 11) is 0. The maximum Gasteiger partial charge on any atom is 0.228 e. The second kappa shape index (κ2) is 6.77. The molecule has 4 nitrogen and oxygen atoms in total. The molecule has 120 valence electrons. The summed E-state index contributed by atoms with van der Waals surface area (Å²) in [4.78, 5) is 18.3. The summed E-state index contributed by atoms with van der Waals surface area (Å²) in [6, 6.07) is 12.2. The molecule has 0 atom stereocenters. The van der Waals surface area contributed by atoms with E-state index in [0.29, 0.717) is 36.8 Å². The third-order valence-corrected chi connectivity index (χ3v) is 3.99. The highest BCUT2D eigenvalue weighted by Gasteiger charge is 2.33. The first kappa shape index (κ1) is 15.5. The van der Waals surface area contributed by atoms with Crippen LogP contribution < -0.4 is 4.74 Å². The molecule has 0 unspecified atom stereocenters. The summed E-state index contributed by atoms with van der Waals surface area (Å²) in [5, 5.41) is 0. The van der Waals surface area contributed by atoms with Gasteiger partial charge in [0.05, 0.1) is 18.7 Å². The van der Waals surface area contributed by atoms with Crippen molar-refractivity contribution in [2.24, 2.45) is 0 Å². The molecule has 1 fully saturated rings. The van der Waals surface area contributed by atoms with Crippen molar-refractivity contribution in [3.63, 3.8) is 0 Å². The Hall–Kier alpha value is -2.43. The van der Waals surface area contributed by atoms with Crippen LogP contribution in [0.5, 0.6) is 5.88 Å². The van der Waals surface area contributed by atoms with E-state index < -0.39 is 0 Å². The largest absolute Gasteiger partial charge is 0.478 e. The van der Waals surface area contributed by atoms with Crippen LogP contribution in [0.15, 0.2) is 42.5 Å². The third kappa shape index (κ3) is 3.50. The van der Waals surface area contributed by atoms with Gasteiger partial charge in [0, 0.05) is 25.1 Å². The molecule has 0 N–H and O–H groups in total. The second-order valence-corrected chi connectivity index (χ2v) is 5.59. The first-order chi connectivity index (χ1) is 11.2. The quantitative estimate of drug-likeness (QED) is 0.852. The van der Waals surface area contributed by atoms with Crippen LogP contribution in [0, 0.1) is 5.82 Å². The molecule has 0 spiro atoms. The van der Waals surface area contributed by atoms with Gasteiger partial charge in [-0.2, -0.15) is 0 Å². The van der Waals surface area contributed by atoms with Gasteiger partial charge in [-0.25, -0.2) is 9.37 Å². The molecular weight excluding hydrogens is 295 g/mol. The normalized spacial score (nSPS) is 14.4. The molecule has 3 rings (SSSR count). The van der Waals surface area contributed by atoms with E-state index in [-0.39, 0.29) is 24.1 Å². The van der Waals surface area contributed by atoms with Crippen molar-refractivity contribution in [1.82, 2.24) is 9.88 Å². The topological polar surface area (TPSA) is 42.4 Å². The Labute approximate surface area is 134 Å². The van der Waals surface area contributed by atoms with Crippen molar-refractivity contribution in [2.45, 2.75) is 19.3 Å². The minimum atomic E-state index is -0.198. The number of halogens is 1. The Kier molecular flexibility index (Phi) is 4.55. The monoisotopic (exact) mass is 314 g/mol. The molecular formula is C18H19FN2O2. The number of carbonyl (C=O) groups is 1. The van der Waals surface area contributed by atoms with Crippen molar-refractivity contribution in [3.8, 4) is 5.88 Å². The Bertz CT molecular complexity index is 699. The Morgan fingerprint density at radius 2 is 2.04 bits per heavy atom. The van der Waals surface area contributed by atoms with E-state index in [4.69, 9.17) is 4.74 Å². The van der Waals surface area contributed by atoms with E-state index in [1.54, 1.807) is 23.1 Å². The summed E-state index contributed by atoms with van der Waals surface area (Å²) in [5.74, 6) is 0.433. The fraction of sp³-hybridized carbons (Fsp3) is 0.333. The van der Waals surface area contributed by atoms with E-state index in [9.17, 15) is 9.18 Å². The molecule has 0 aliphatic carbocycles. The summed E-state index contributed by atoms with van der Waals surface area (Å²) in [6.07, 6.45) is 0.241. The number of amides is 1. The number of nitrogens with zero attached hydrogens (tertiary/aromatic N) is 2. The van der Waals surface area contributed by atoms with Gasteiger partial charge >= 0.3 is 0 Å². The summed E-state index contributed by atoms with van der Waals surface area (Å²) < 4.78 is 19.1. The van der Waals surface area contributed by atoms with Crippen molar-refractivity contribution in [1.29, 1.82) is 0 Å². The second-order valence-electron chi connectivity index (χ2n) is 5.59. The first-order valence-electron chi connectivity index (χ1n) is 7.78. The highest BCUT2D eigenvalue weighted by Crippen LogP contribution is 2.29. The van der Waals surface area contributed by atoms with Gasteiger partial charge in [0.25, 0.3) is 0 Å². The predicted molar refractivity (Wildman–Crippen MR) is 84.8 cm³/mol. The van der Waals surface area contributed by atoms with Gasteiger partial charge in [-0.3, -0.25) is 4.79 Å². The van der Waals surface area contributed by atoms with Crippen LogP contribution in [0.25, 0.3) is 0 Å². The third-order valence-electron chi connectivity index (χ3n) is 3.99. The van der Waals surface area contributed by atoms with Crippen LogP contribution in [0.3, 0.4) is 0 Å². The number of hydrogen-bond donors (Lipinski definition) is 0. The fourth-order valence-corrected chi connectivity index (χ4v) is 2.74. The smallest absolute Gasteiger partial charge is 0.228 e. The van der Waals surface area contributed by atoms with Crippen LogP contribution >= 0.6 is 0 Å². The SMILES string of the molecule is CCOc1cccc(CC(=O)N2CC(c3ccccc3F)C2)n1. The number of hydrogen-bond acceptors (Lipinski definition) is 3. The summed E-state index contributed by atoms with van der Waals surface area (Å²) in [6.45, 7) is 3.55. The number of ether oxygens (including phenoxy) is 1. The van der Waals surface area contributed by atoms with Crippen molar-refractivity contribution < 1.29 is 13.9 Å². The number of likely N-dealkylation sites (tertiary alicyclic amines) is 1. The lowest BCUT2D eigenvalue weighted by molar-refractivity contribution is -0.135. The number of aromatic nitrogens is 1. The predicted octanol–water partition coefficient (Wildman–Crippen LogP) is 2.79. The molecule has 1 amide bonds. The molecule has 23 heavy (non-hydrogen) atoms. The van der Waals surface area contributed by atoms with Crippen LogP contribution in [-0.4, -0.2) is 35.5 Å². The van der Waals surface area contributed by atoms with Crippen LogP contribution in [0.1, 0.15) is 24.1 Å². The summed E-state index contributed by atoms with van der Waals surface area (Å²) >= 11 is 0. The minimum Gasteiger partial charge on any atom is -0.478 e. The molecule has 2 aromatic rings. The van der Waals surface area contributed by atoms with E-state index in [1.807, 2.05) is 25.1 Å². The van der Waals surface area contributed by atoms with Gasteiger partial charge in [0.2, 0.25) is 11.8 Å². The van der Waals surface area contributed by atoms with Crippen molar-refractivity contribution in [2.75, 3.05) is 19.7 Å². The number of benzene rings is 1. The maximum absolute atomic E-state index is 13.7. The molecule has 1 aliphatic heterocycles. The number of rotatable bonds is 5. The molecule has 5 heteroatoms. The molecule has 1 aliphatic rings. The lowest BCUT2D eigenvalue weighted by atomic mass is 9.90. The van der Waals surface area contributed by atoms with E-state index >= 15 is 0 Å². The molecule has 1 aromatic heterocycles. The van der Waals surface area contributed by atoms with Gasteiger partial charge < -0.3 is 9.64 Å². The van der Waals surface area contributed by atoms with Gasteiger partial charge in [-0.05, 0) is 24.6 Å². The Morgan fingerprint density at radius 3 is 2.78 bits per heavy atom. The highest BCUT2D eigenvalue weighted by molar-refractivity contribution is 5.79. The Morgan fingerprint density at radius 1 is 1.26 bits per heavy atom. The van der Waals surface area contributed by atoms with Gasteiger partial charge in [0.1, 0.15) is 5.82 Å². The fourth-order valence-electron chi connectivity index (χ4n) is 2.74. The highest BCUT2D eigenvalue weighted by atomic mass is 19.1. The molecule has 0 saturated carbocycles. The average molecular weight is 314 g/mol. The zero-order chi connectivity index (χ0) is 16.2. The standard InChI is InChI=1S/C18H19FN2O2/c1-2-23-17-9-5-6-14(20-17)10-18(22)21-11-13(12-21)15-7-3-4-8-16(15)19/h3-9,13H,2,10-12H2,1H3. The van der Waals surface area contributed by atoms with E-state index in [0.717, 1.165) is 0 Å². The molecule has 1 aromatic carbocycles. The lowest BCUT2D eigenvalue weighted by Gasteiger charge is -2.39. The lowest BCUT2D eigenvalue weighted by Crippen LogP contribution is -2.49. The minimum absolute atomic E-state index is 0.0127. The van der Waals surface area contributed by atoms with Crippen LogP contribution in [0.4, 0.5) is 4.39 Å². The molecule has 2 heterocycles. The summed E-state index contributed by atoms with van der Waals surface area (Å²) in [5.41, 5.74) is 1.38. The van der Waals surface area contributed by atoms with Crippen LogP contribution in [0.2, 0.25) is 0 Å². The van der Waals surface area contributed by atoms with Crippen molar-refractivity contribution >= 4 is 5.91 Å². The number of carbonyl (C=O) groups excluding carboxylic acids is 1. The molecule has 0 radical (unpaired) electrons.